The van der Waals surface area contributed by atoms with Gasteiger partial charge < -0.3 is 10.2 Å². The number of benzene rings is 1. The lowest BCUT2D eigenvalue weighted by Crippen LogP contribution is -2.46. The predicted octanol–water partition coefficient (Wildman–Crippen LogP) is 2.40. The highest BCUT2D eigenvalue weighted by molar-refractivity contribution is 6.31. The van der Waals surface area contributed by atoms with Gasteiger partial charge in [-0.2, -0.15) is 13.2 Å². The van der Waals surface area contributed by atoms with Gasteiger partial charge in [0.25, 0.3) is 5.91 Å². The first kappa shape index (κ1) is 14.1. The molecular weight excluding hydrogens is 281 g/mol. The molecular formula is C12H12ClF3N2O. The third kappa shape index (κ3) is 3.19. The number of amides is 1. The highest BCUT2D eigenvalue weighted by Gasteiger charge is 2.34. The van der Waals surface area contributed by atoms with Crippen LogP contribution in [0.3, 0.4) is 0 Å². The summed E-state index contributed by atoms with van der Waals surface area (Å²) in [5.74, 6) is -0.399. The second-order valence-electron chi connectivity index (χ2n) is 4.23. The lowest BCUT2D eigenvalue weighted by Gasteiger charge is -2.27. The van der Waals surface area contributed by atoms with Crippen LogP contribution in [0.25, 0.3) is 0 Å². The van der Waals surface area contributed by atoms with Gasteiger partial charge in [-0.15, -0.1) is 0 Å². The molecule has 0 spiro atoms. The molecule has 0 aliphatic carbocycles. The molecule has 1 amide bonds. The van der Waals surface area contributed by atoms with Crippen molar-refractivity contribution >= 4 is 17.5 Å². The number of carbonyl (C=O) groups excluding carboxylic acids is 1. The van der Waals surface area contributed by atoms with Crippen molar-refractivity contribution in [1.82, 2.24) is 10.2 Å². The van der Waals surface area contributed by atoms with Crippen molar-refractivity contribution in [2.24, 2.45) is 0 Å². The summed E-state index contributed by atoms with van der Waals surface area (Å²) in [6.07, 6.45) is -4.56. The fourth-order valence-electron chi connectivity index (χ4n) is 1.93. The Morgan fingerprint density at radius 1 is 1.26 bits per heavy atom. The Labute approximate surface area is 113 Å². The van der Waals surface area contributed by atoms with Crippen LogP contribution in [0.5, 0.6) is 0 Å². The number of hydrogen-bond acceptors (Lipinski definition) is 2. The maximum Gasteiger partial charge on any atom is 0.417 e. The smallest absolute Gasteiger partial charge is 0.336 e. The zero-order valence-electron chi connectivity index (χ0n) is 9.93. The average molecular weight is 293 g/mol. The first-order valence-electron chi connectivity index (χ1n) is 5.76. The van der Waals surface area contributed by atoms with E-state index in [4.69, 9.17) is 11.6 Å². The van der Waals surface area contributed by atoms with E-state index in [1.807, 2.05) is 0 Å². The number of halogens is 4. The van der Waals surface area contributed by atoms with Crippen molar-refractivity contribution in [3.63, 3.8) is 0 Å². The fourth-order valence-corrected chi connectivity index (χ4v) is 2.15. The lowest BCUT2D eigenvalue weighted by atomic mass is 10.1. The van der Waals surface area contributed by atoms with Crippen molar-refractivity contribution in [3.8, 4) is 0 Å². The Morgan fingerprint density at radius 2 is 1.89 bits per heavy atom. The van der Waals surface area contributed by atoms with Gasteiger partial charge in [0.2, 0.25) is 0 Å². The summed E-state index contributed by atoms with van der Waals surface area (Å²) in [6.45, 7) is 2.27. The lowest BCUT2D eigenvalue weighted by molar-refractivity contribution is -0.137. The molecule has 1 aliphatic rings. The van der Waals surface area contributed by atoms with Crippen LogP contribution in [0.15, 0.2) is 18.2 Å². The van der Waals surface area contributed by atoms with Gasteiger partial charge in [-0.1, -0.05) is 11.6 Å². The Bertz CT molecular complexity index is 484. The van der Waals surface area contributed by atoms with Gasteiger partial charge in [-0.05, 0) is 18.2 Å². The molecule has 1 aromatic carbocycles. The number of piperazine rings is 1. The van der Waals surface area contributed by atoms with Crippen molar-refractivity contribution in [1.29, 1.82) is 0 Å². The quantitative estimate of drug-likeness (QED) is 0.862. The van der Waals surface area contributed by atoms with E-state index in [2.05, 4.69) is 5.32 Å². The highest BCUT2D eigenvalue weighted by Crippen LogP contribution is 2.35. The number of alkyl halides is 3. The van der Waals surface area contributed by atoms with E-state index in [1.165, 1.54) is 11.0 Å². The van der Waals surface area contributed by atoms with Crippen molar-refractivity contribution in [3.05, 3.63) is 34.3 Å². The van der Waals surface area contributed by atoms with Crippen LogP contribution < -0.4 is 5.32 Å². The monoisotopic (exact) mass is 292 g/mol. The molecule has 0 atom stereocenters. The Morgan fingerprint density at radius 3 is 2.47 bits per heavy atom. The Balaban J connectivity index is 2.27. The van der Waals surface area contributed by atoms with Crippen LogP contribution in [-0.2, 0) is 6.18 Å². The van der Waals surface area contributed by atoms with E-state index < -0.39 is 22.7 Å². The summed E-state index contributed by atoms with van der Waals surface area (Å²) in [6, 6.07) is 3.24. The number of rotatable bonds is 1. The molecule has 7 heteroatoms. The minimum atomic E-state index is -4.56. The summed E-state index contributed by atoms with van der Waals surface area (Å²) >= 11 is 5.52. The molecule has 1 fully saturated rings. The second kappa shape index (κ2) is 5.38. The van der Waals surface area contributed by atoms with Gasteiger partial charge in [0.1, 0.15) is 0 Å². The zero-order valence-corrected chi connectivity index (χ0v) is 10.7. The van der Waals surface area contributed by atoms with Crippen molar-refractivity contribution in [2.45, 2.75) is 6.18 Å². The van der Waals surface area contributed by atoms with Crippen molar-refractivity contribution < 1.29 is 18.0 Å². The minimum absolute atomic E-state index is 0.0126. The van der Waals surface area contributed by atoms with Gasteiger partial charge in [0.15, 0.2) is 0 Å². The van der Waals surface area contributed by atoms with E-state index in [9.17, 15) is 18.0 Å². The van der Waals surface area contributed by atoms with Crippen LogP contribution in [0, 0.1) is 0 Å². The highest BCUT2D eigenvalue weighted by atomic mass is 35.5. The van der Waals surface area contributed by atoms with Crippen LogP contribution in [0.1, 0.15) is 15.9 Å². The van der Waals surface area contributed by atoms with Crippen LogP contribution in [-0.4, -0.2) is 37.0 Å². The van der Waals surface area contributed by atoms with E-state index in [0.717, 1.165) is 12.1 Å². The molecule has 1 N–H and O–H groups in total. The molecule has 1 heterocycles. The van der Waals surface area contributed by atoms with E-state index >= 15 is 0 Å². The van der Waals surface area contributed by atoms with E-state index in [1.54, 1.807) is 0 Å². The molecule has 0 unspecified atom stereocenters. The normalized spacial score (nSPS) is 16.5. The molecule has 3 nitrogen and oxygen atoms in total. The zero-order chi connectivity index (χ0) is 14.0. The maximum atomic E-state index is 12.7. The summed E-state index contributed by atoms with van der Waals surface area (Å²) in [7, 11) is 0. The van der Waals surface area contributed by atoms with Gasteiger partial charge in [-0.3, -0.25) is 4.79 Å². The van der Waals surface area contributed by atoms with Gasteiger partial charge in [0.05, 0.1) is 10.6 Å². The molecule has 2 rings (SSSR count). The van der Waals surface area contributed by atoms with Gasteiger partial charge in [-0.25, -0.2) is 0 Å². The second-order valence-corrected chi connectivity index (χ2v) is 4.64. The molecule has 0 saturated carbocycles. The topological polar surface area (TPSA) is 32.3 Å². The number of nitrogens with zero attached hydrogens (tertiary/aromatic N) is 1. The van der Waals surface area contributed by atoms with Gasteiger partial charge in [0, 0.05) is 31.7 Å². The standard InChI is InChI=1S/C12H12ClF3N2O/c13-10-2-1-8(7-9(10)12(14,15)16)11(19)18-5-3-17-4-6-18/h1-2,7,17H,3-6H2. The summed E-state index contributed by atoms with van der Waals surface area (Å²) in [5.41, 5.74) is -0.964. The Kier molecular flexibility index (Phi) is 4.01. The van der Waals surface area contributed by atoms with Gasteiger partial charge >= 0.3 is 6.18 Å². The molecule has 1 saturated heterocycles. The van der Waals surface area contributed by atoms with E-state index in [0.29, 0.717) is 26.2 Å². The maximum absolute atomic E-state index is 12.7. The van der Waals surface area contributed by atoms with E-state index in [-0.39, 0.29) is 5.56 Å². The third-order valence-electron chi connectivity index (χ3n) is 2.92. The summed E-state index contributed by atoms with van der Waals surface area (Å²) in [4.78, 5) is 13.6. The molecule has 1 aliphatic heterocycles. The molecule has 1 aromatic rings. The number of nitrogens with one attached hydrogen (secondary N) is 1. The summed E-state index contributed by atoms with van der Waals surface area (Å²) < 4.78 is 38.1. The van der Waals surface area contributed by atoms with Crippen LogP contribution in [0.2, 0.25) is 5.02 Å². The number of carbonyl (C=O) groups is 1. The summed E-state index contributed by atoms with van der Waals surface area (Å²) in [5, 5.41) is 2.67. The molecule has 104 valence electrons. The van der Waals surface area contributed by atoms with Crippen LogP contribution in [0.4, 0.5) is 13.2 Å². The Hall–Kier alpha value is -1.27. The third-order valence-corrected chi connectivity index (χ3v) is 3.25. The molecule has 0 bridgehead atoms. The molecule has 0 aromatic heterocycles. The molecule has 0 radical (unpaired) electrons. The largest absolute Gasteiger partial charge is 0.417 e. The molecule has 19 heavy (non-hydrogen) atoms. The minimum Gasteiger partial charge on any atom is -0.336 e. The van der Waals surface area contributed by atoms with Crippen molar-refractivity contribution in [2.75, 3.05) is 26.2 Å². The fraction of sp³-hybridized carbons (Fsp3) is 0.417. The number of hydrogen-bond donors (Lipinski definition) is 1. The van der Waals surface area contributed by atoms with Crippen LogP contribution >= 0.6 is 11.6 Å². The predicted molar refractivity (Wildman–Crippen MR) is 65.2 cm³/mol. The first-order chi connectivity index (χ1) is 8.89. The SMILES string of the molecule is O=C(c1ccc(Cl)c(C(F)(F)F)c1)N1CCNCC1. The average Bonchev–Trinajstić information content (AvgIpc) is 2.38. The first-order valence-corrected chi connectivity index (χ1v) is 6.14.